The lowest BCUT2D eigenvalue weighted by molar-refractivity contribution is -0.139. The molecule has 1 aromatic rings. The van der Waals surface area contributed by atoms with Gasteiger partial charge in [0.1, 0.15) is 22.7 Å². The second-order valence-corrected chi connectivity index (χ2v) is 3.80. The molecule has 0 aliphatic heterocycles. The van der Waals surface area contributed by atoms with Crippen LogP contribution < -0.4 is 4.74 Å². The fourth-order valence-corrected chi connectivity index (χ4v) is 1.33. The van der Waals surface area contributed by atoms with E-state index in [1.165, 1.54) is 13.8 Å². The molecule has 0 amide bonds. The summed E-state index contributed by atoms with van der Waals surface area (Å²) in [5.41, 5.74) is -2.29. The molecular weight excluding hydrogens is 256 g/mol. The summed E-state index contributed by atoms with van der Waals surface area (Å²) in [5.74, 6) is -3.84. The number of carboxylic acids is 1. The van der Waals surface area contributed by atoms with E-state index in [4.69, 9.17) is 9.84 Å². The average Bonchev–Trinajstić information content (AvgIpc) is 2.17. The molecule has 0 heterocycles. The van der Waals surface area contributed by atoms with Crippen LogP contribution in [0.5, 0.6) is 5.75 Å². The summed E-state index contributed by atoms with van der Waals surface area (Å²) in [5, 5.41) is 8.78. The molecule has 3 nitrogen and oxygen atoms in total. The van der Waals surface area contributed by atoms with Crippen LogP contribution in [0, 0.1) is 5.82 Å². The summed E-state index contributed by atoms with van der Waals surface area (Å²) in [4.78, 5) is 10.8. The number of rotatable bonds is 3. The van der Waals surface area contributed by atoms with Gasteiger partial charge in [-0.3, -0.25) is 0 Å². The Morgan fingerprint density at radius 1 is 1.33 bits per heavy atom. The van der Waals surface area contributed by atoms with Crippen molar-refractivity contribution in [2.45, 2.75) is 26.1 Å². The molecule has 0 saturated carbocycles. The lowest BCUT2D eigenvalue weighted by Gasteiger charge is -2.18. The van der Waals surface area contributed by atoms with E-state index in [9.17, 15) is 22.4 Å². The van der Waals surface area contributed by atoms with Crippen LogP contribution in [0.1, 0.15) is 29.8 Å². The fourth-order valence-electron chi connectivity index (χ4n) is 1.33. The molecule has 0 aromatic heterocycles. The molecule has 0 fully saturated rings. The molecule has 0 bridgehead atoms. The third-order valence-electron chi connectivity index (χ3n) is 1.94. The van der Waals surface area contributed by atoms with Crippen LogP contribution in [0.15, 0.2) is 12.1 Å². The molecule has 0 radical (unpaired) electrons. The van der Waals surface area contributed by atoms with Crippen molar-refractivity contribution >= 4 is 5.97 Å². The van der Waals surface area contributed by atoms with Gasteiger partial charge in [-0.1, -0.05) is 0 Å². The van der Waals surface area contributed by atoms with Crippen molar-refractivity contribution in [2.24, 2.45) is 0 Å². The predicted octanol–water partition coefficient (Wildman–Crippen LogP) is 3.33. The zero-order valence-electron chi connectivity index (χ0n) is 9.51. The van der Waals surface area contributed by atoms with Crippen molar-refractivity contribution in [3.8, 4) is 5.75 Å². The maximum absolute atomic E-state index is 13.0. The minimum atomic E-state index is -4.89. The van der Waals surface area contributed by atoms with Crippen molar-refractivity contribution in [3.05, 3.63) is 29.1 Å². The number of aromatic carboxylic acids is 1. The van der Waals surface area contributed by atoms with Gasteiger partial charge < -0.3 is 9.84 Å². The zero-order chi connectivity index (χ0) is 14.1. The molecular formula is C11H10F4O3. The zero-order valence-corrected chi connectivity index (χ0v) is 9.51. The van der Waals surface area contributed by atoms with Crippen LogP contribution in [0.2, 0.25) is 0 Å². The Morgan fingerprint density at radius 2 is 1.89 bits per heavy atom. The van der Waals surface area contributed by atoms with E-state index in [0.717, 1.165) is 0 Å². The van der Waals surface area contributed by atoms with E-state index in [1.54, 1.807) is 0 Å². The van der Waals surface area contributed by atoms with Crippen LogP contribution in [-0.2, 0) is 6.18 Å². The van der Waals surface area contributed by atoms with E-state index in [0.29, 0.717) is 6.07 Å². The molecule has 0 saturated heterocycles. The second-order valence-electron chi connectivity index (χ2n) is 3.80. The van der Waals surface area contributed by atoms with Gasteiger partial charge >= 0.3 is 12.1 Å². The van der Waals surface area contributed by atoms with Crippen molar-refractivity contribution in [2.75, 3.05) is 0 Å². The van der Waals surface area contributed by atoms with Crippen molar-refractivity contribution in [1.82, 2.24) is 0 Å². The van der Waals surface area contributed by atoms with Gasteiger partial charge in [-0.15, -0.1) is 0 Å². The summed E-state index contributed by atoms with van der Waals surface area (Å²) >= 11 is 0. The summed E-state index contributed by atoms with van der Waals surface area (Å²) in [6.45, 7) is 2.88. The maximum atomic E-state index is 13.0. The molecule has 1 N–H and O–H groups in total. The Morgan fingerprint density at radius 3 is 2.28 bits per heavy atom. The first kappa shape index (κ1) is 14.3. The van der Waals surface area contributed by atoms with Crippen LogP contribution in [0.4, 0.5) is 17.6 Å². The molecule has 0 aliphatic rings. The molecule has 0 spiro atoms. The molecule has 100 valence electrons. The standard InChI is InChI=1S/C11H10F4O3/c1-5(2)18-9-7(10(16)17)3-6(12)4-8(9)11(13,14)15/h3-5H,1-2H3,(H,16,17). The average molecular weight is 266 g/mol. The first-order valence-electron chi connectivity index (χ1n) is 4.93. The van der Waals surface area contributed by atoms with Gasteiger partial charge in [0.25, 0.3) is 0 Å². The van der Waals surface area contributed by atoms with E-state index in [-0.39, 0.29) is 6.07 Å². The Balaban J connectivity index is 3.53. The number of hydrogen-bond donors (Lipinski definition) is 1. The highest BCUT2D eigenvalue weighted by Crippen LogP contribution is 2.39. The lowest BCUT2D eigenvalue weighted by Crippen LogP contribution is -2.17. The van der Waals surface area contributed by atoms with Gasteiger partial charge in [0, 0.05) is 0 Å². The topological polar surface area (TPSA) is 46.5 Å². The second kappa shape index (κ2) is 4.83. The number of alkyl halides is 3. The summed E-state index contributed by atoms with van der Waals surface area (Å²) in [7, 11) is 0. The molecule has 1 aromatic carbocycles. The van der Waals surface area contributed by atoms with Crippen LogP contribution in [-0.4, -0.2) is 17.2 Å². The summed E-state index contributed by atoms with van der Waals surface area (Å²) in [6.07, 6.45) is -5.56. The number of ether oxygens (including phenoxy) is 1. The number of carbonyl (C=O) groups is 1. The van der Waals surface area contributed by atoms with Crippen LogP contribution >= 0.6 is 0 Å². The molecule has 0 aliphatic carbocycles. The van der Waals surface area contributed by atoms with Crippen LogP contribution in [0.25, 0.3) is 0 Å². The Bertz CT molecular complexity index is 466. The Kier molecular flexibility index (Phi) is 3.83. The number of benzene rings is 1. The molecule has 0 atom stereocenters. The Hall–Kier alpha value is -1.79. The van der Waals surface area contributed by atoms with Gasteiger partial charge in [-0.25, -0.2) is 9.18 Å². The van der Waals surface area contributed by atoms with E-state index in [1.807, 2.05) is 0 Å². The summed E-state index contributed by atoms with van der Waals surface area (Å²) < 4.78 is 55.9. The van der Waals surface area contributed by atoms with E-state index < -0.39 is 40.9 Å². The van der Waals surface area contributed by atoms with Crippen LogP contribution in [0.3, 0.4) is 0 Å². The van der Waals surface area contributed by atoms with Crippen molar-refractivity contribution in [3.63, 3.8) is 0 Å². The van der Waals surface area contributed by atoms with E-state index >= 15 is 0 Å². The lowest BCUT2D eigenvalue weighted by atomic mass is 10.1. The van der Waals surface area contributed by atoms with Gasteiger partial charge in [0.15, 0.2) is 0 Å². The highest BCUT2D eigenvalue weighted by atomic mass is 19.4. The number of carboxylic acid groups (broad SMARTS) is 1. The maximum Gasteiger partial charge on any atom is 0.420 e. The Labute approximate surface area is 100.0 Å². The number of halogens is 4. The van der Waals surface area contributed by atoms with Gasteiger partial charge in [0.2, 0.25) is 0 Å². The quantitative estimate of drug-likeness (QED) is 0.853. The third kappa shape index (κ3) is 3.12. The van der Waals surface area contributed by atoms with Crippen molar-refractivity contribution < 1.29 is 32.2 Å². The molecule has 7 heteroatoms. The predicted molar refractivity (Wildman–Crippen MR) is 54.1 cm³/mol. The minimum Gasteiger partial charge on any atom is -0.489 e. The molecule has 18 heavy (non-hydrogen) atoms. The highest BCUT2D eigenvalue weighted by Gasteiger charge is 2.37. The molecule has 1 rings (SSSR count). The third-order valence-corrected chi connectivity index (χ3v) is 1.94. The first-order valence-corrected chi connectivity index (χ1v) is 4.93. The SMILES string of the molecule is CC(C)Oc1c(C(=O)O)cc(F)cc1C(F)(F)F. The smallest absolute Gasteiger partial charge is 0.420 e. The van der Waals surface area contributed by atoms with Gasteiger partial charge in [-0.2, -0.15) is 13.2 Å². The fraction of sp³-hybridized carbons (Fsp3) is 0.364. The largest absolute Gasteiger partial charge is 0.489 e. The van der Waals surface area contributed by atoms with Gasteiger partial charge in [-0.05, 0) is 26.0 Å². The highest BCUT2D eigenvalue weighted by molar-refractivity contribution is 5.91. The first-order chi connectivity index (χ1) is 8.12. The van der Waals surface area contributed by atoms with Gasteiger partial charge in [0.05, 0.1) is 6.10 Å². The van der Waals surface area contributed by atoms with Crippen molar-refractivity contribution in [1.29, 1.82) is 0 Å². The normalized spacial score (nSPS) is 11.7. The monoisotopic (exact) mass is 266 g/mol. The summed E-state index contributed by atoms with van der Waals surface area (Å²) in [6, 6.07) is 0.708. The molecule has 0 unspecified atom stereocenters. The number of hydrogen-bond acceptors (Lipinski definition) is 2. The van der Waals surface area contributed by atoms with E-state index in [2.05, 4.69) is 0 Å². The minimum absolute atomic E-state index is 0.212.